The number of hydrogen-bond acceptors (Lipinski definition) is 4. The van der Waals surface area contributed by atoms with Crippen LogP contribution in [0.5, 0.6) is 0 Å². The molecule has 29 heavy (non-hydrogen) atoms. The second-order valence-electron chi connectivity index (χ2n) is 10.8. The lowest BCUT2D eigenvalue weighted by atomic mass is 9.46. The van der Waals surface area contributed by atoms with Gasteiger partial charge in [-0.2, -0.15) is 0 Å². The van der Waals surface area contributed by atoms with Gasteiger partial charge in [0.15, 0.2) is 5.78 Å². The Labute approximate surface area is 174 Å². The topological polar surface area (TPSA) is 60.4 Å². The van der Waals surface area contributed by atoms with Gasteiger partial charge in [-0.25, -0.2) is 0 Å². The second-order valence-corrected chi connectivity index (χ2v) is 10.8. The summed E-state index contributed by atoms with van der Waals surface area (Å²) in [6.45, 7) is 7.03. The molecular weight excluding hydrogens is 364 g/mol. The monoisotopic (exact) mass is 400 g/mol. The molecule has 0 aromatic heterocycles. The number of methoxy groups -OCH3 is 1. The number of carbonyl (C=O) groups is 3. The fraction of sp³-hybridized carbons (Fsp3) is 0.800. The van der Waals surface area contributed by atoms with E-state index in [1.165, 1.54) is 7.11 Å². The Morgan fingerprint density at radius 2 is 1.93 bits per heavy atom. The SMILES string of the molecule is COC(=O)CC[C@@H](C)C1CCC2C3C(=O)CC4=CC(=O)CCC4(C)C3CCC21C. The van der Waals surface area contributed by atoms with Crippen molar-refractivity contribution in [2.75, 3.05) is 7.11 Å². The van der Waals surface area contributed by atoms with E-state index in [0.29, 0.717) is 48.7 Å². The van der Waals surface area contributed by atoms with Crippen molar-refractivity contribution < 1.29 is 19.1 Å². The molecule has 0 aliphatic heterocycles. The number of esters is 1. The van der Waals surface area contributed by atoms with E-state index in [1.807, 2.05) is 0 Å². The molecule has 4 rings (SSSR count). The summed E-state index contributed by atoms with van der Waals surface area (Å²) in [6.07, 6.45) is 9.73. The molecule has 0 bridgehead atoms. The summed E-state index contributed by atoms with van der Waals surface area (Å²) < 4.78 is 4.84. The van der Waals surface area contributed by atoms with Crippen LogP contribution in [0.2, 0.25) is 0 Å². The summed E-state index contributed by atoms with van der Waals surface area (Å²) in [4.78, 5) is 36.9. The van der Waals surface area contributed by atoms with Gasteiger partial charge < -0.3 is 4.74 Å². The van der Waals surface area contributed by atoms with Crippen molar-refractivity contribution in [2.45, 2.75) is 78.6 Å². The third kappa shape index (κ3) is 3.21. The van der Waals surface area contributed by atoms with E-state index < -0.39 is 0 Å². The Hall–Kier alpha value is -1.45. The molecule has 0 spiro atoms. The highest BCUT2D eigenvalue weighted by Gasteiger charge is 2.61. The van der Waals surface area contributed by atoms with Gasteiger partial charge in [-0.3, -0.25) is 14.4 Å². The summed E-state index contributed by atoms with van der Waals surface area (Å²) >= 11 is 0. The molecule has 0 aromatic rings. The van der Waals surface area contributed by atoms with E-state index in [0.717, 1.165) is 44.1 Å². The normalized spacial score (nSPS) is 42.4. The van der Waals surface area contributed by atoms with E-state index in [2.05, 4.69) is 20.8 Å². The Bertz CT molecular complexity index is 752. The van der Waals surface area contributed by atoms with Crippen LogP contribution >= 0.6 is 0 Å². The summed E-state index contributed by atoms with van der Waals surface area (Å²) in [6, 6.07) is 0. The van der Waals surface area contributed by atoms with Crippen molar-refractivity contribution >= 4 is 17.5 Å². The van der Waals surface area contributed by atoms with E-state index in [9.17, 15) is 14.4 Å². The Kier molecular flexibility index (Phi) is 5.28. The molecule has 0 N–H and O–H groups in total. The van der Waals surface area contributed by atoms with Crippen LogP contribution in [0.25, 0.3) is 0 Å². The number of allylic oxidation sites excluding steroid dienone is 1. The summed E-state index contributed by atoms with van der Waals surface area (Å²) in [7, 11) is 1.46. The Balaban J connectivity index is 1.57. The highest BCUT2D eigenvalue weighted by molar-refractivity contribution is 5.95. The standard InChI is InChI=1S/C25H36O4/c1-15(5-8-22(28)29-4)18-6-7-19-23-20(10-12-25(18,19)3)24(2)11-9-17(26)13-16(24)14-21(23)27/h13,15,18-20,23H,5-12,14H2,1-4H3/t15-,18?,19?,20?,23?,24?,25?/m1/s1. The molecule has 0 radical (unpaired) electrons. The first kappa shape index (κ1) is 20.8. The first-order valence-corrected chi connectivity index (χ1v) is 11.5. The molecule has 3 fully saturated rings. The van der Waals surface area contributed by atoms with Crippen molar-refractivity contribution in [3.63, 3.8) is 0 Å². The molecule has 0 amide bonds. The number of ether oxygens (including phenoxy) is 1. The molecule has 4 aliphatic rings. The van der Waals surface area contributed by atoms with Gasteiger partial charge in [0, 0.05) is 25.2 Å². The zero-order chi connectivity index (χ0) is 21.0. The molecule has 3 saturated carbocycles. The maximum atomic E-state index is 13.3. The lowest BCUT2D eigenvalue weighted by molar-refractivity contribution is -0.141. The molecular formula is C25H36O4. The minimum absolute atomic E-state index is 0.0302. The van der Waals surface area contributed by atoms with Crippen molar-refractivity contribution in [2.24, 2.45) is 40.4 Å². The average Bonchev–Trinajstić information content (AvgIpc) is 3.04. The summed E-state index contributed by atoms with van der Waals surface area (Å²) in [5.41, 5.74) is 1.33. The molecule has 4 aliphatic carbocycles. The molecule has 4 nitrogen and oxygen atoms in total. The van der Waals surface area contributed by atoms with Crippen molar-refractivity contribution in [3.8, 4) is 0 Å². The van der Waals surface area contributed by atoms with Gasteiger partial charge in [-0.1, -0.05) is 26.3 Å². The summed E-state index contributed by atoms with van der Waals surface area (Å²) in [5, 5.41) is 0. The fourth-order valence-electron chi connectivity index (χ4n) is 7.88. The van der Waals surface area contributed by atoms with Gasteiger partial charge >= 0.3 is 5.97 Å². The van der Waals surface area contributed by atoms with Gasteiger partial charge in [-0.15, -0.1) is 0 Å². The summed E-state index contributed by atoms with van der Waals surface area (Å²) in [5.74, 6) is 2.50. The predicted molar refractivity (Wildman–Crippen MR) is 111 cm³/mol. The van der Waals surface area contributed by atoms with E-state index in [4.69, 9.17) is 4.74 Å². The fourth-order valence-corrected chi connectivity index (χ4v) is 7.88. The number of Topliss-reactive ketones (excluding diaryl/α,β-unsaturated/α-hetero) is 1. The predicted octanol–water partition coefficient (Wildman–Crippen LogP) is 4.90. The highest BCUT2D eigenvalue weighted by Crippen LogP contribution is 2.66. The molecule has 0 aromatic carbocycles. The van der Waals surface area contributed by atoms with Crippen LogP contribution in [-0.2, 0) is 19.1 Å². The molecule has 4 heteroatoms. The number of fused-ring (bicyclic) bond motifs is 5. The Morgan fingerprint density at radius 3 is 2.66 bits per heavy atom. The molecule has 6 unspecified atom stereocenters. The number of carbonyl (C=O) groups excluding carboxylic acids is 3. The maximum absolute atomic E-state index is 13.3. The zero-order valence-corrected chi connectivity index (χ0v) is 18.5. The maximum Gasteiger partial charge on any atom is 0.305 e. The quantitative estimate of drug-likeness (QED) is 0.630. The van der Waals surface area contributed by atoms with E-state index >= 15 is 0 Å². The largest absolute Gasteiger partial charge is 0.469 e. The number of rotatable bonds is 4. The van der Waals surface area contributed by atoms with Crippen LogP contribution in [0.1, 0.15) is 78.6 Å². The first-order valence-electron chi connectivity index (χ1n) is 11.5. The van der Waals surface area contributed by atoms with Crippen LogP contribution in [0.4, 0.5) is 0 Å². The number of ketones is 2. The first-order chi connectivity index (χ1) is 13.7. The molecule has 7 atom stereocenters. The highest BCUT2D eigenvalue weighted by atomic mass is 16.5. The van der Waals surface area contributed by atoms with E-state index in [-0.39, 0.29) is 28.5 Å². The minimum Gasteiger partial charge on any atom is -0.469 e. The van der Waals surface area contributed by atoms with Gasteiger partial charge in [0.05, 0.1) is 7.11 Å². The van der Waals surface area contributed by atoms with Crippen LogP contribution in [0.3, 0.4) is 0 Å². The second kappa shape index (κ2) is 7.35. The van der Waals surface area contributed by atoms with Crippen LogP contribution in [0, 0.1) is 40.4 Å². The van der Waals surface area contributed by atoms with Gasteiger partial charge in [0.25, 0.3) is 0 Å². The molecule has 160 valence electrons. The number of hydrogen-bond donors (Lipinski definition) is 0. The van der Waals surface area contributed by atoms with Crippen LogP contribution in [-0.4, -0.2) is 24.6 Å². The third-order valence-corrected chi connectivity index (χ3v) is 9.58. The van der Waals surface area contributed by atoms with Crippen LogP contribution in [0.15, 0.2) is 11.6 Å². The van der Waals surface area contributed by atoms with E-state index in [1.54, 1.807) is 6.08 Å². The van der Waals surface area contributed by atoms with Gasteiger partial charge in [-0.05, 0) is 79.1 Å². The molecule has 0 heterocycles. The molecule has 0 saturated heterocycles. The van der Waals surface area contributed by atoms with Crippen LogP contribution < -0.4 is 0 Å². The third-order valence-electron chi connectivity index (χ3n) is 9.58. The smallest absolute Gasteiger partial charge is 0.305 e. The Morgan fingerprint density at radius 1 is 1.17 bits per heavy atom. The lowest BCUT2D eigenvalue weighted by Gasteiger charge is -2.57. The van der Waals surface area contributed by atoms with Crippen molar-refractivity contribution in [1.82, 2.24) is 0 Å². The lowest BCUT2D eigenvalue weighted by Crippen LogP contribution is -2.54. The average molecular weight is 401 g/mol. The minimum atomic E-state index is -0.123. The zero-order valence-electron chi connectivity index (χ0n) is 18.5. The van der Waals surface area contributed by atoms with Crippen molar-refractivity contribution in [3.05, 3.63) is 11.6 Å². The van der Waals surface area contributed by atoms with Gasteiger partial charge in [0.1, 0.15) is 5.78 Å². The van der Waals surface area contributed by atoms with Crippen molar-refractivity contribution in [1.29, 1.82) is 0 Å². The van der Waals surface area contributed by atoms with Gasteiger partial charge in [0.2, 0.25) is 0 Å².